The van der Waals surface area contributed by atoms with E-state index in [4.69, 9.17) is 9.98 Å². The molecule has 3 aliphatic heterocycles. The first kappa shape index (κ1) is 30.0. The summed E-state index contributed by atoms with van der Waals surface area (Å²) in [5.74, 6) is 0. The molecule has 3 nitrogen and oxygen atoms in total. The largest absolute Gasteiger partial charge is 0.360 e. The minimum Gasteiger partial charge on any atom is -0.360 e. The molecule has 5 heterocycles. The number of nitrogens with zero attached hydrogens (tertiary/aromatic N) is 2. The Morgan fingerprint density at radius 1 is 0.440 bits per heavy atom. The number of rotatable bonds is 4. The summed E-state index contributed by atoms with van der Waals surface area (Å²) in [5, 5.41) is 0. The van der Waals surface area contributed by atoms with Crippen molar-refractivity contribution in [2.75, 3.05) is 0 Å². The van der Waals surface area contributed by atoms with Gasteiger partial charge in [0.25, 0.3) is 0 Å². The zero-order valence-corrected chi connectivity index (χ0v) is 28.6. The van der Waals surface area contributed by atoms with Crippen LogP contribution in [0.3, 0.4) is 0 Å². The van der Waals surface area contributed by atoms with E-state index in [1.165, 1.54) is 11.1 Å². The van der Waals surface area contributed by atoms with E-state index < -0.39 is 0 Å². The Kier molecular flexibility index (Phi) is 7.45. The number of H-pyrrole nitrogens is 1. The van der Waals surface area contributed by atoms with Crippen LogP contribution in [0.1, 0.15) is 44.6 Å². The highest BCUT2D eigenvalue weighted by Crippen LogP contribution is 2.37. The fourth-order valence-corrected chi connectivity index (χ4v) is 8.12. The van der Waals surface area contributed by atoms with Gasteiger partial charge < -0.3 is 4.98 Å². The third-order valence-electron chi connectivity index (χ3n) is 9.45. The topological polar surface area (TPSA) is 40.5 Å². The number of thiophene rings is 1. The standard InChI is InChI=1S/C46H33N3S/c1-29-13-17-33(18-14-29)43-35-27-40(47-28-35)44(34-19-15-30(2)16-20-34)37-22-24-39(49-37)46(32-11-7-4-8-12-32)42-26-25-41(50-42)45(31-9-5-3-6-10-31)38-23-21-36(43)48-38/h3-28,47H,1-2H3. The zero-order valence-electron chi connectivity index (χ0n) is 27.8. The summed E-state index contributed by atoms with van der Waals surface area (Å²) in [6.45, 7) is 4.25. The number of hydrogen-bond donors (Lipinski definition) is 1. The first-order valence-electron chi connectivity index (χ1n) is 16.9. The average molecular weight is 660 g/mol. The number of fused-ring (bicyclic) bond motifs is 6. The zero-order chi connectivity index (χ0) is 33.6. The molecule has 3 aliphatic rings. The van der Waals surface area contributed by atoms with E-state index in [9.17, 15) is 0 Å². The predicted molar refractivity (Wildman–Crippen MR) is 210 cm³/mol. The predicted octanol–water partition coefficient (Wildman–Crippen LogP) is 9.35. The van der Waals surface area contributed by atoms with Crippen LogP contribution in [-0.4, -0.2) is 16.4 Å². The molecule has 0 saturated heterocycles. The molecule has 0 amide bonds. The van der Waals surface area contributed by atoms with Gasteiger partial charge in [-0.05, 0) is 78.6 Å². The number of aromatic amines is 1. The lowest BCUT2D eigenvalue weighted by Crippen LogP contribution is -2.12. The summed E-state index contributed by atoms with van der Waals surface area (Å²) in [6.07, 6.45) is 10.8. The lowest BCUT2D eigenvalue weighted by atomic mass is 9.95. The van der Waals surface area contributed by atoms with Crippen molar-refractivity contribution >= 4 is 45.1 Å². The van der Waals surface area contributed by atoms with Gasteiger partial charge in [0, 0.05) is 48.8 Å². The van der Waals surface area contributed by atoms with Crippen LogP contribution >= 0.6 is 11.3 Å². The maximum absolute atomic E-state index is 5.41. The van der Waals surface area contributed by atoms with Gasteiger partial charge in [-0.2, -0.15) is 0 Å². The Bertz CT molecular complexity index is 2420. The van der Waals surface area contributed by atoms with Crippen LogP contribution < -0.4 is 9.06 Å². The first-order chi connectivity index (χ1) is 24.6. The molecule has 4 heteroatoms. The highest BCUT2D eigenvalue weighted by Gasteiger charge is 2.23. The molecular weight excluding hydrogens is 627 g/mol. The number of aromatic nitrogens is 1. The van der Waals surface area contributed by atoms with Crippen molar-refractivity contribution in [3.8, 4) is 0 Å². The van der Waals surface area contributed by atoms with E-state index in [2.05, 4.69) is 177 Å². The molecule has 238 valence electrons. The Morgan fingerprint density at radius 3 is 1.42 bits per heavy atom. The second kappa shape index (κ2) is 12.4. The molecule has 0 fully saturated rings. The molecule has 1 N–H and O–H groups in total. The van der Waals surface area contributed by atoms with E-state index in [-0.39, 0.29) is 0 Å². The van der Waals surface area contributed by atoms with Crippen molar-refractivity contribution in [2.24, 2.45) is 9.98 Å². The molecule has 8 bridgehead atoms. The molecule has 0 saturated carbocycles. The molecule has 0 radical (unpaired) electrons. The molecule has 6 aromatic rings. The summed E-state index contributed by atoms with van der Waals surface area (Å²) < 4.78 is 2.32. The first-order valence-corrected chi connectivity index (χ1v) is 17.7. The highest BCUT2D eigenvalue weighted by molar-refractivity contribution is 7.08. The molecule has 50 heavy (non-hydrogen) atoms. The van der Waals surface area contributed by atoms with E-state index in [1.54, 1.807) is 11.3 Å². The monoisotopic (exact) mass is 659 g/mol. The van der Waals surface area contributed by atoms with Crippen LogP contribution in [0.15, 0.2) is 179 Å². The van der Waals surface area contributed by atoms with Crippen molar-refractivity contribution in [1.29, 1.82) is 0 Å². The van der Waals surface area contributed by atoms with Crippen molar-refractivity contribution in [1.82, 2.24) is 4.98 Å². The molecule has 0 unspecified atom stereocenters. The number of hydrogen-bond acceptors (Lipinski definition) is 3. The number of nitrogens with one attached hydrogen (secondary N) is 1. The van der Waals surface area contributed by atoms with Gasteiger partial charge in [0.1, 0.15) is 0 Å². The van der Waals surface area contributed by atoms with Gasteiger partial charge in [-0.1, -0.05) is 120 Å². The van der Waals surface area contributed by atoms with Gasteiger partial charge in [0.2, 0.25) is 0 Å². The SMILES string of the molecule is Cc1ccc(C2=C3C=CC(=N3)C(c3ccccc3)=c3ccc(s3)=C(c3ccccc3)C3=NC(=C(c4ccc(C)cc4)c4cc2c[nH]4)C=C3)cc1. The normalized spacial score (nSPS) is 15.2. The second-order valence-corrected chi connectivity index (χ2v) is 13.9. The van der Waals surface area contributed by atoms with Crippen molar-refractivity contribution in [2.45, 2.75) is 13.8 Å². The average Bonchev–Trinajstić information content (AvgIpc) is 3.98. The van der Waals surface area contributed by atoms with Crippen LogP contribution in [0.5, 0.6) is 0 Å². The van der Waals surface area contributed by atoms with Crippen molar-refractivity contribution in [3.05, 3.63) is 223 Å². The van der Waals surface area contributed by atoms with Crippen LogP contribution in [0.2, 0.25) is 0 Å². The minimum absolute atomic E-state index is 0.928. The molecule has 4 aromatic carbocycles. The smallest absolute Gasteiger partial charge is 0.0737 e. The quantitative estimate of drug-likeness (QED) is 0.196. The third kappa shape index (κ3) is 5.40. The Morgan fingerprint density at radius 2 is 0.900 bits per heavy atom. The molecule has 0 atom stereocenters. The Balaban J connectivity index is 1.41. The molecule has 2 aromatic heterocycles. The summed E-state index contributed by atoms with van der Waals surface area (Å²) in [4.78, 5) is 14.5. The maximum atomic E-state index is 5.41. The highest BCUT2D eigenvalue weighted by atomic mass is 32.1. The fourth-order valence-electron chi connectivity index (χ4n) is 6.96. The molecular formula is C46H33N3S. The van der Waals surface area contributed by atoms with Gasteiger partial charge in [0.15, 0.2) is 0 Å². The number of aryl methyl sites for hydroxylation is 2. The summed E-state index contributed by atoms with van der Waals surface area (Å²) in [7, 11) is 0. The number of allylic oxidation sites excluding steroid dienone is 4. The lowest BCUT2D eigenvalue weighted by Gasteiger charge is -2.11. The van der Waals surface area contributed by atoms with Crippen LogP contribution in [0.25, 0.3) is 22.3 Å². The van der Waals surface area contributed by atoms with Gasteiger partial charge in [-0.15, -0.1) is 11.3 Å². The Labute approximate surface area is 295 Å². The minimum atomic E-state index is 0.928. The molecule has 0 aliphatic carbocycles. The van der Waals surface area contributed by atoms with E-state index in [0.717, 1.165) is 87.7 Å². The maximum Gasteiger partial charge on any atom is 0.0737 e. The van der Waals surface area contributed by atoms with Gasteiger partial charge in [-0.25, -0.2) is 9.98 Å². The van der Waals surface area contributed by atoms with Gasteiger partial charge in [-0.3, -0.25) is 0 Å². The van der Waals surface area contributed by atoms with Crippen LogP contribution in [-0.2, 0) is 0 Å². The number of benzene rings is 4. The van der Waals surface area contributed by atoms with E-state index in [1.807, 2.05) is 0 Å². The van der Waals surface area contributed by atoms with Crippen LogP contribution in [0.4, 0.5) is 0 Å². The molecule has 0 spiro atoms. The van der Waals surface area contributed by atoms with E-state index in [0.29, 0.717) is 0 Å². The van der Waals surface area contributed by atoms with Crippen molar-refractivity contribution < 1.29 is 0 Å². The van der Waals surface area contributed by atoms with Gasteiger partial charge >= 0.3 is 0 Å². The summed E-state index contributed by atoms with van der Waals surface area (Å²) >= 11 is 1.79. The lowest BCUT2D eigenvalue weighted by molar-refractivity contribution is 1.31. The molecule has 9 rings (SSSR count). The second-order valence-electron chi connectivity index (χ2n) is 12.9. The number of aliphatic imine (C=N–C) groups is 2. The third-order valence-corrected chi connectivity index (χ3v) is 10.6. The fraction of sp³-hybridized carbons (Fsp3) is 0.0435. The van der Waals surface area contributed by atoms with Crippen molar-refractivity contribution in [3.63, 3.8) is 0 Å². The summed E-state index contributed by atoms with van der Waals surface area (Å²) in [5.41, 5.74) is 17.2. The van der Waals surface area contributed by atoms with Gasteiger partial charge in [0.05, 0.1) is 22.8 Å². The Hall–Kier alpha value is -6.10. The summed E-state index contributed by atoms with van der Waals surface area (Å²) in [6, 6.07) is 45.5. The van der Waals surface area contributed by atoms with E-state index >= 15 is 0 Å². The van der Waals surface area contributed by atoms with Crippen LogP contribution in [0, 0.1) is 13.8 Å².